The summed E-state index contributed by atoms with van der Waals surface area (Å²) in [5, 5.41) is 0. The van der Waals surface area contributed by atoms with Crippen molar-refractivity contribution in [3.8, 4) is 22.3 Å². The summed E-state index contributed by atoms with van der Waals surface area (Å²) >= 11 is 0. The minimum Gasteiger partial charge on any atom is -0.328 e. The fourth-order valence-electron chi connectivity index (χ4n) is 13.1. The number of rotatable bonds is 5. The second-order valence-electron chi connectivity index (χ2n) is 21.0. The van der Waals surface area contributed by atoms with E-state index < -0.39 is 0 Å². The molecule has 3 aromatic carbocycles. The van der Waals surface area contributed by atoms with Crippen LogP contribution in [0.2, 0.25) is 0 Å². The molecule has 3 saturated carbocycles. The Morgan fingerprint density at radius 3 is 1.37 bits per heavy atom. The predicted molar refractivity (Wildman–Crippen MR) is 216 cm³/mol. The molecule has 2 heterocycles. The van der Waals surface area contributed by atoms with E-state index in [2.05, 4.69) is 129 Å². The van der Waals surface area contributed by atoms with Crippen molar-refractivity contribution in [2.75, 3.05) is 54.4 Å². The lowest BCUT2D eigenvalue weighted by Gasteiger charge is -2.52. The molecule has 0 N–H and O–H groups in total. The largest absolute Gasteiger partial charge is 0.328 e. The summed E-state index contributed by atoms with van der Waals surface area (Å²) in [5.41, 5.74) is 9.58. The van der Waals surface area contributed by atoms with Crippen LogP contribution < -0.4 is 0 Å². The molecule has 3 aliphatic carbocycles. The van der Waals surface area contributed by atoms with Crippen molar-refractivity contribution in [2.24, 2.45) is 46.3 Å². The number of quaternary nitrogens is 2. The van der Waals surface area contributed by atoms with Gasteiger partial charge in [-0.25, -0.2) is 0 Å². The smallest absolute Gasteiger partial charge is 0.0791 e. The Kier molecular flexibility index (Phi) is 8.98. The Morgan fingerprint density at radius 1 is 0.490 bits per heavy atom. The minimum atomic E-state index is 0.319. The van der Waals surface area contributed by atoms with E-state index in [1.54, 1.807) is 5.56 Å². The quantitative estimate of drug-likeness (QED) is 0.234. The van der Waals surface area contributed by atoms with Crippen LogP contribution in [0.3, 0.4) is 0 Å². The van der Waals surface area contributed by atoms with E-state index in [4.69, 9.17) is 0 Å². The Balaban J connectivity index is 1.02. The second kappa shape index (κ2) is 12.9. The molecule has 5 aliphatic rings. The van der Waals surface area contributed by atoms with Crippen molar-refractivity contribution in [3.63, 3.8) is 0 Å². The molecule has 6 atom stereocenters. The van der Waals surface area contributed by atoms with Gasteiger partial charge in [0.1, 0.15) is 0 Å². The van der Waals surface area contributed by atoms with Crippen LogP contribution in [0.5, 0.6) is 0 Å². The third-order valence-corrected chi connectivity index (χ3v) is 17.0. The van der Waals surface area contributed by atoms with Crippen molar-refractivity contribution in [3.05, 3.63) is 83.9 Å². The summed E-state index contributed by atoms with van der Waals surface area (Å²) in [6.07, 6.45) is 14.5. The Bertz CT molecular complexity index is 1660. The van der Waals surface area contributed by atoms with Gasteiger partial charge in [-0.15, -0.1) is 0 Å². The summed E-state index contributed by atoms with van der Waals surface area (Å²) < 4.78 is 2.41. The number of benzene rings is 3. The minimum absolute atomic E-state index is 0.319. The Hall–Kier alpha value is -2.42. The van der Waals surface area contributed by atoms with E-state index in [0.717, 1.165) is 35.5 Å². The highest BCUT2D eigenvalue weighted by Crippen LogP contribution is 2.67. The van der Waals surface area contributed by atoms with E-state index in [-0.39, 0.29) is 0 Å². The highest BCUT2D eigenvalue weighted by molar-refractivity contribution is 5.70. The Morgan fingerprint density at radius 2 is 0.882 bits per heavy atom. The van der Waals surface area contributed by atoms with E-state index in [0.29, 0.717) is 16.2 Å². The van der Waals surface area contributed by atoms with Crippen molar-refractivity contribution >= 4 is 0 Å². The predicted octanol–water partition coefficient (Wildman–Crippen LogP) is 11.4. The van der Waals surface area contributed by atoms with E-state index >= 15 is 0 Å². The van der Waals surface area contributed by atoms with Gasteiger partial charge in [0.05, 0.1) is 54.4 Å². The van der Waals surface area contributed by atoms with Crippen molar-refractivity contribution in [2.45, 2.75) is 97.3 Å². The number of hydrogen-bond acceptors (Lipinski definition) is 0. The van der Waals surface area contributed by atoms with Crippen LogP contribution in [-0.2, 0) is 5.41 Å². The first-order valence-corrected chi connectivity index (χ1v) is 21.1. The first-order valence-electron chi connectivity index (χ1n) is 21.1. The van der Waals surface area contributed by atoms with E-state index in [1.807, 2.05) is 0 Å². The highest BCUT2D eigenvalue weighted by atomic mass is 15.3. The van der Waals surface area contributed by atoms with Gasteiger partial charge in [0.15, 0.2) is 0 Å². The third-order valence-electron chi connectivity index (χ3n) is 17.0. The zero-order chi connectivity index (χ0) is 35.8. The van der Waals surface area contributed by atoms with Crippen molar-refractivity contribution < 1.29 is 8.97 Å². The zero-order valence-electron chi connectivity index (χ0n) is 33.7. The SMILES string of the molecule is Cc1ccc(-c2ccc(-c3ccc(C4(C5CCC6C7CCC(C8(C)CC[N+](C)(C)CC8)CC7C(C)(C)C6C5)CC[N+](C)(C)CC4)cc3)cc2)cc1. The Labute approximate surface area is 312 Å². The molecular weight excluding hydrogens is 617 g/mol. The van der Waals surface area contributed by atoms with Gasteiger partial charge in [0.25, 0.3) is 0 Å². The second-order valence-corrected chi connectivity index (χ2v) is 21.0. The van der Waals surface area contributed by atoms with Crippen molar-refractivity contribution in [1.29, 1.82) is 0 Å². The van der Waals surface area contributed by atoms with Crippen molar-refractivity contribution in [1.82, 2.24) is 0 Å². The number of likely N-dealkylation sites (tertiary alicyclic amines) is 2. The average molecular weight is 687 g/mol. The first-order chi connectivity index (χ1) is 24.2. The maximum Gasteiger partial charge on any atom is 0.0791 e. The molecule has 0 spiro atoms. The fourth-order valence-corrected chi connectivity index (χ4v) is 13.1. The topological polar surface area (TPSA) is 0 Å². The molecule has 2 aliphatic heterocycles. The van der Waals surface area contributed by atoms with Gasteiger partial charge in [0, 0.05) is 31.1 Å². The maximum atomic E-state index is 2.75. The van der Waals surface area contributed by atoms with Gasteiger partial charge in [0.2, 0.25) is 0 Å². The van der Waals surface area contributed by atoms with Gasteiger partial charge in [-0.05, 0) is 120 Å². The molecule has 8 rings (SSSR count). The van der Waals surface area contributed by atoms with E-state index in [9.17, 15) is 0 Å². The molecule has 274 valence electrons. The van der Waals surface area contributed by atoms with Crippen LogP contribution >= 0.6 is 0 Å². The van der Waals surface area contributed by atoms with Crippen LogP contribution in [-0.4, -0.2) is 63.3 Å². The zero-order valence-corrected chi connectivity index (χ0v) is 33.7. The molecule has 2 heteroatoms. The summed E-state index contributed by atoms with van der Waals surface area (Å²) in [6.45, 7) is 15.7. The summed E-state index contributed by atoms with van der Waals surface area (Å²) in [6, 6.07) is 28.2. The third kappa shape index (κ3) is 6.47. The number of nitrogens with zero attached hydrogens (tertiary/aromatic N) is 2. The van der Waals surface area contributed by atoms with Crippen LogP contribution in [0.25, 0.3) is 22.3 Å². The summed E-state index contributed by atoms with van der Waals surface area (Å²) in [5.74, 6) is 5.53. The fraction of sp³-hybridized carbons (Fsp3) is 0.633. The van der Waals surface area contributed by atoms with Gasteiger partial charge in [-0.1, -0.05) is 99.1 Å². The molecule has 5 fully saturated rings. The lowest BCUT2D eigenvalue weighted by Crippen LogP contribution is -2.54. The lowest BCUT2D eigenvalue weighted by molar-refractivity contribution is -0.897. The summed E-state index contributed by atoms with van der Waals surface area (Å²) in [7, 11) is 9.85. The molecule has 6 unspecified atom stereocenters. The number of aryl methyl sites for hydroxylation is 1. The van der Waals surface area contributed by atoms with Gasteiger partial charge < -0.3 is 8.97 Å². The number of piperidine rings is 2. The first kappa shape index (κ1) is 35.6. The van der Waals surface area contributed by atoms with Crippen LogP contribution in [0.15, 0.2) is 72.8 Å². The molecular formula is C49H70N2+2. The molecule has 0 aromatic heterocycles. The molecule has 0 radical (unpaired) electrons. The number of hydrogen-bond donors (Lipinski definition) is 0. The standard InChI is InChI=1S/C49H70N2/c1-35-9-11-36(12-10-35)37-13-15-38(16-14-37)39-17-19-40(20-18-39)49(27-31-51(7,8)32-28-49)42-22-24-44-43-23-21-41(33-45(43)47(2,3)46(44)34-42)48(4)25-29-50(5,6)30-26-48/h9-20,41-46H,21-34H2,1-8H3/q+2. The molecule has 0 bridgehead atoms. The molecule has 0 amide bonds. The molecule has 3 aromatic rings. The van der Waals surface area contributed by atoms with Crippen LogP contribution in [0.4, 0.5) is 0 Å². The average Bonchev–Trinajstić information content (AvgIpc) is 3.35. The summed E-state index contributed by atoms with van der Waals surface area (Å²) in [4.78, 5) is 0. The number of fused-ring (bicyclic) bond motifs is 3. The maximum absolute atomic E-state index is 2.75. The molecule has 2 nitrogen and oxygen atoms in total. The van der Waals surface area contributed by atoms with E-state index in [1.165, 1.54) is 127 Å². The van der Waals surface area contributed by atoms with Crippen LogP contribution in [0.1, 0.15) is 96.1 Å². The van der Waals surface area contributed by atoms with Gasteiger partial charge in [-0.2, -0.15) is 0 Å². The van der Waals surface area contributed by atoms with Crippen LogP contribution in [0, 0.1) is 53.3 Å². The molecule has 51 heavy (non-hydrogen) atoms. The lowest BCUT2D eigenvalue weighted by atomic mass is 9.55. The monoisotopic (exact) mass is 687 g/mol. The van der Waals surface area contributed by atoms with Gasteiger partial charge >= 0.3 is 0 Å². The van der Waals surface area contributed by atoms with Gasteiger partial charge in [-0.3, -0.25) is 0 Å². The highest BCUT2D eigenvalue weighted by Gasteiger charge is 2.61. The normalized spacial score (nSPS) is 33.2. The molecule has 2 saturated heterocycles.